The monoisotopic (exact) mass is 330 g/mol. The fraction of sp³-hybridized carbons (Fsp3) is 0.200. The number of alkyl halides is 1. The third kappa shape index (κ3) is 2.98. The minimum Gasteiger partial charge on any atom is -0.497 e. The first-order chi connectivity index (χ1) is 9.58. The van der Waals surface area contributed by atoms with Gasteiger partial charge in [-0.3, -0.25) is 0 Å². The molecule has 0 fully saturated rings. The molecule has 1 unspecified atom stereocenters. The van der Waals surface area contributed by atoms with Crippen LogP contribution in [0.15, 0.2) is 36.4 Å². The molecule has 0 N–H and O–H groups in total. The zero-order valence-electron chi connectivity index (χ0n) is 11.0. The van der Waals surface area contributed by atoms with E-state index in [-0.39, 0.29) is 0 Å². The van der Waals surface area contributed by atoms with Crippen LogP contribution < -0.4 is 9.47 Å². The number of hydrogen-bond acceptors (Lipinski definition) is 2. The highest BCUT2D eigenvalue weighted by Crippen LogP contribution is 2.41. The van der Waals surface area contributed by atoms with E-state index < -0.39 is 5.38 Å². The molecule has 0 amide bonds. The van der Waals surface area contributed by atoms with Crippen LogP contribution in [0.3, 0.4) is 0 Å². The van der Waals surface area contributed by atoms with Gasteiger partial charge in [-0.1, -0.05) is 35.3 Å². The van der Waals surface area contributed by atoms with Gasteiger partial charge in [-0.25, -0.2) is 0 Å². The highest BCUT2D eigenvalue weighted by Gasteiger charge is 2.19. The molecule has 20 heavy (non-hydrogen) atoms. The Balaban J connectivity index is 2.47. The molecule has 2 aromatic carbocycles. The lowest BCUT2D eigenvalue weighted by Gasteiger charge is -2.17. The molecule has 0 aliphatic heterocycles. The number of ether oxygens (including phenoxy) is 2. The van der Waals surface area contributed by atoms with E-state index in [0.29, 0.717) is 21.5 Å². The van der Waals surface area contributed by atoms with Gasteiger partial charge < -0.3 is 9.47 Å². The van der Waals surface area contributed by atoms with Gasteiger partial charge in [0.15, 0.2) is 0 Å². The molecule has 0 aliphatic rings. The maximum absolute atomic E-state index is 6.52. The molecule has 0 aliphatic carbocycles. The second-order valence-electron chi connectivity index (χ2n) is 4.11. The molecular formula is C15H13Cl3O2. The van der Waals surface area contributed by atoms with Gasteiger partial charge >= 0.3 is 0 Å². The SMILES string of the molecule is COc1ccc(C(Cl)c2cccc(Cl)c2Cl)c(OC)c1. The molecule has 0 spiro atoms. The van der Waals surface area contributed by atoms with Gasteiger partial charge in [-0.15, -0.1) is 11.6 Å². The molecule has 2 aromatic rings. The zero-order chi connectivity index (χ0) is 14.7. The minimum absolute atomic E-state index is 0.451. The number of hydrogen-bond donors (Lipinski definition) is 0. The van der Waals surface area contributed by atoms with Crippen molar-refractivity contribution in [1.29, 1.82) is 0 Å². The summed E-state index contributed by atoms with van der Waals surface area (Å²) in [4.78, 5) is 0. The Morgan fingerprint density at radius 2 is 1.70 bits per heavy atom. The Hall–Kier alpha value is -1.09. The van der Waals surface area contributed by atoms with E-state index in [1.807, 2.05) is 24.3 Å². The topological polar surface area (TPSA) is 18.5 Å². The van der Waals surface area contributed by atoms with Crippen LogP contribution in [0.4, 0.5) is 0 Å². The predicted octanol–water partition coefficient (Wildman–Crippen LogP) is 5.34. The third-order valence-electron chi connectivity index (χ3n) is 2.97. The van der Waals surface area contributed by atoms with E-state index in [2.05, 4.69) is 0 Å². The molecule has 2 nitrogen and oxygen atoms in total. The average Bonchev–Trinajstić information content (AvgIpc) is 2.48. The molecule has 0 bridgehead atoms. The lowest BCUT2D eigenvalue weighted by molar-refractivity contribution is 0.391. The van der Waals surface area contributed by atoms with Crippen LogP contribution in [-0.4, -0.2) is 14.2 Å². The van der Waals surface area contributed by atoms with Crippen molar-refractivity contribution in [3.05, 3.63) is 57.6 Å². The van der Waals surface area contributed by atoms with Gasteiger partial charge in [0.1, 0.15) is 11.5 Å². The number of halogens is 3. The van der Waals surface area contributed by atoms with Crippen LogP contribution in [-0.2, 0) is 0 Å². The summed E-state index contributed by atoms with van der Waals surface area (Å²) in [7, 11) is 3.18. The first kappa shape index (κ1) is 15.3. The van der Waals surface area contributed by atoms with Gasteiger partial charge in [-0.05, 0) is 23.8 Å². The average molecular weight is 332 g/mol. The Morgan fingerprint density at radius 3 is 2.35 bits per heavy atom. The first-order valence-electron chi connectivity index (χ1n) is 5.88. The molecule has 0 saturated heterocycles. The van der Waals surface area contributed by atoms with E-state index >= 15 is 0 Å². The lowest BCUT2D eigenvalue weighted by Crippen LogP contribution is -1.99. The summed E-state index contributed by atoms with van der Waals surface area (Å²) in [5.41, 5.74) is 1.54. The van der Waals surface area contributed by atoms with Crippen LogP contribution >= 0.6 is 34.8 Å². The van der Waals surface area contributed by atoms with Crippen molar-refractivity contribution in [2.75, 3.05) is 14.2 Å². The predicted molar refractivity (Wildman–Crippen MR) is 83.7 cm³/mol. The van der Waals surface area contributed by atoms with Gasteiger partial charge in [0.2, 0.25) is 0 Å². The summed E-state index contributed by atoms with van der Waals surface area (Å²) in [6.45, 7) is 0. The van der Waals surface area contributed by atoms with Crippen molar-refractivity contribution < 1.29 is 9.47 Å². The van der Waals surface area contributed by atoms with Gasteiger partial charge in [-0.2, -0.15) is 0 Å². The van der Waals surface area contributed by atoms with E-state index in [4.69, 9.17) is 44.3 Å². The second kappa shape index (κ2) is 6.57. The smallest absolute Gasteiger partial charge is 0.127 e. The van der Waals surface area contributed by atoms with E-state index in [1.54, 1.807) is 26.4 Å². The Labute approximate surface area is 133 Å². The lowest BCUT2D eigenvalue weighted by atomic mass is 10.0. The van der Waals surface area contributed by atoms with Crippen LogP contribution in [0.1, 0.15) is 16.5 Å². The minimum atomic E-state index is -0.456. The zero-order valence-corrected chi connectivity index (χ0v) is 13.3. The quantitative estimate of drug-likeness (QED) is 0.704. The highest BCUT2D eigenvalue weighted by molar-refractivity contribution is 6.43. The number of methoxy groups -OCH3 is 2. The molecule has 0 radical (unpaired) electrons. The molecule has 0 saturated carbocycles. The van der Waals surface area contributed by atoms with Gasteiger partial charge in [0.25, 0.3) is 0 Å². The maximum Gasteiger partial charge on any atom is 0.127 e. The van der Waals surface area contributed by atoms with Crippen LogP contribution in [0, 0.1) is 0 Å². The fourth-order valence-electron chi connectivity index (χ4n) is 1.91. The van der Waals surface area contributed by atoms with Gasteiger partial charge in [0.05, 0.1) is 29.6 Å². The first-order valence-corrected chi connectivity index (χ1v) is 7.07. The highest BCUT2D eigenvalue weighted by atomic mass is 35.5. The van der Waals surface area contributed by atoms with E-state index in [1.165, 1.54) is 0 Å². The summed E-state index contributed by atoms with van der Waals surface area (Å²) in [6, 6.07) is 10.8. The standard InChI is InChI=1S/C15H13Cl3O2/c1-19-9-6-7-10(13(8-9)20-2)14(17)11-4-3-5-12(16)15(11)18/h3-8,14H,1-2H3. The largest absolute Gasteiger partial charge is 0.497 e. The number of benzene rings is 2. The normalized spacial score (nSPS) is 12.1. The van der Waals surface area contributed by atoms with E-state index in [9.17, 15) is 0 Å². The third-order valence-corrected chi connectivity index (χ3v) is 4.27. The summed E-state index contributed by atoms with van der Waals surface area (Å²) >= 11 is 18.8. The number of rotatable bonds is 4. The summed E-state index contributed by atoms with van der Waals surface area (Å²) < 4.78 is 10.5. The summed E-state index contributed by atoms with van der Waals surface area (Å²) in [5.74, 6) is 1.34. The molecule has 5 heteroatoms. The Bertz CT molecular complexity index is 614. The van der Waals surface area contributed by atoms with Crippen molar-refractivity contribution in [2.45, 2.75) is 5.38 Å². The van der Waals surface area contributed by atoms with Crippen molar-refractivity contribution in [2.24, 2.45) is 0 Å². The molecule has 0 heterocycles. The van der Waals surface area contributed by atoms with E-state index in [0.717, 1.165) is 11.1 Å². The second-order valence-corrected chi connectivity index (χ2v) is 5.34. The van der Waals surface area contributed by atoms with Gasteiger partial charge in [0, 0.05) is 11.6 Å². The van der Waals surface area contributed by atoms with Crippen molar-refractivity contribution in [3.8, 4) is 11.5 Å². The fourth-order valence-corrected chi connectivity index (χ4v) is 2.75. The maximum atomic E-state index is 6.52. The molecule has 0 aromatic heterocycles. The molecule has 1 atom stereocenters. The molecule has 106 valence electrons. The molecule has 2 rings (SSSR count). The van der Waals surface area contributed by atoms with Crippen LogP contribution in [0.25, 0.3) is 0 Å². The molecular weight excluding hydrogens is 319 g/mol. The van der Waals surface area contributed by atoms with Crippen molar-refractivity contribution in [3.63, 3.8) is 0 Å². The summed E-state index contributed by atoms with van der Waals surface area (Å²) in [5, 5.41) is 0.469. The van der Waals surface area contributed by atoms with Crippen LogP contribution in [0.2, 0.25) is 10.0 Å². The van der Waals surface area contributed by atoms with Crippen molar-refractivity contribution >= 4 is 34.8 Å². The summed E-state index contributed by atoms with van der Waals surface area (Å²) in [6.07, 6.45) is 0. The Morgan fingerprint density at radius 1 is 0.950 bits per heavy atom. The van der Waals surface area contributed by atoms with Crippen molar-refractivity contribution in [1.82, 2.24) is 0 Å². The van der Waals surface area contributed by atoms with Crippen LogP contribution in [0.5, 0.6) is 11.5 Å². The Kier molecular flexibility index (Phi) is 5.03.